The highest BCUT2D eigenvalue weighted by Crippen LogP contribution is 2.29. The summed E-state index contributed by atoms with van der Waals surface area (Å²) < 4.78 is 18.4. The van der Waals surface area contributed by atoms with E-state index in [-0.39, 0.29) is 24.5 Å². The number of ether oxygens (including phenoxy) is 2. The minimum absolute atomic E-state index is 0.00680. The summed E-state index contributed by atoms with van der Waals surface area (Å²) in [4.78, 5) is 15.1. The number of nitrogens with one attached hydrogen (secondary N) is 2. The molecule has 0 atom stereocenters. The van der Waals surface area contributed by atoms with Gasteiger partial charge in [0.1, 0.15) is 29.1 Å². The average Bonchev–Trinajstić information content (AvgIpc) is 3.40. The van der Waals surface area contributed by atoms with Crippen LogP contribution in [0.3, 0.4) is 0 Å². The molecule has 2 saturated heterocycles. The molecule has 5 rings (SSSR count). The van der Waals surface area contributed by atoms with Gasteiger partial charge in [-0.05, 0) is 109 Å². The first-order chi connectivity index (χ1) is 18.6. The Morgan fingerprint density at radius 3 is 2.53 bits per heavy atom. The molecule has 0 unspecified atom stereocenters. The zero-order chi connectivity index (χ0) is 26.3. The van der Waals surface area contributed by atoms with Gasteiger partial charge in [0.25, 0.3) is 0 Å². The van der Waals surface area contributed by atoms with Gasteiger partial charge in [0.15, 0.2) is 0 Å². The Morgan fingerprint density at radius 1 is 1.05 bits per heavy atom. The van der Waals surface area contributed by atoms with Crippen LogP contribution in [0.1, 0.15) is 37.0 Å². The Hall–Kier alpha value is -2.81. The van der Waals surface area contributed by atoms with Crippen molar-refractivity contribution in [2.75, 3.05) is 33.3 Å². The van der Waals surface area contributed by atoms with Gasteiger partial charge in [-0.25, -0.2) is 0 Å². The maximum atomic E-state index is 12.7. The monoisotopic (exact) mass is 581 g/mol. The van der Waals surface area contributed by atoms with E-state index < -0.39 is 0 Å². The molecule has 8 heteroatoms. The summed E-state index contributed by atoms with van der Waals surface area (Å²) in [7, 11) is 1.65. The molecule has 202 valence electrons. The third kappa shape index (κ3) is 7.18. The lowest BCUT2D eigenvalue weighted by Gasteiger charge is -2.32. The first-order valence-corrected chi connectivity index (χ1v) is 14.3. The Balaban J connectivity index is 1.05. The normalized spacial score (nSPS) is 17.3. The lowest BCUT2D eigenvalue weighted by atomic mass is 10.0. The minimum Gasteiger partial charge on any atom is -0.497 e. The molecule has 0 aliphatic carbocycles. The van der Waals surface area contributed by atoms with Gasteiger partial charge in [0.05, 0.1) is 18.0 Å². The lowest BCUT2D eigenvalue weighted by Crippen LogP contribution is -2.44. The average molecular weight is 583 g/mol. The predicted molar refractivity (Wildman–Crippen MR) is 152 cm³/mol. The van der Waals surface area contributed by atoms with Crippen LogP contribution in [0.4, 0.5) is 0 Å². The van der Waals surface area contributed by atoms with Crippen molar-refractivity contribution in [2.24, 2.45) is 0 Å². The summed E-state index contributed by atoms with van der Waals surface area (Å²) >= 11 is 3.70. The van der Waals surface area contributed by atoms with E-state index >= 15 is 0 Å². The summed E-state index contributed by atoms with van der Waals surface area (Å²) in [6.07, 6.45) is 4.52. The molecule has 1 aromatic heterocycles. The van der Waals surface area contributed by atoms with Gasteiger partial charge < -0.3 is 24.5 Å². The maximum absolute atomic E-state index is 12.7. The van der Waals surface area contributed by atoms with Crippen molar-refractivity contribution in [3.63, 3.8) is 0 Å². The van der Waals surface area contributed by atoms with Crippen molar-refractivity contribution < 1.29 is 18.7 Å². The summed E-state index contributed by atoms with van der Waals surface area (Å²) in [5.41, 5.74) is 2.23. The number of likely N-dealkylation sites (tertiary alicyclic amines) is 1. The van der Waals surface area contributed by atoms with Crippen LogP contribution in [0, 0.1) is 0 Å². The fraction of sp³-hybridized carbons (Fsp3) is 0.433. The van der Waals surface area contributed by atoms with Crippen LogP contribution in [0.5, 0.6) is 11.5 Å². The van der Waals surface area contributed by atoms with Crippen molar-refractivity contribution in [3.8, 4) is 22.8 Å². The van der Waals surface area contributed by atoms with Crippen LogP contribution in [-0.4, -0.2) is 56.2 Å². The van der Waals surface area contributed by atoms with E-state index in [1.54, 1.807) is 7.11 Å². The van der Waals surface area contributed by atoms with E-state index in [0.717, 1.165) is 85.7 Å². The lowest BCUT2D eigenvalue weighted by molar-refractivity contribution is -0.121. The standard InChI is InChI=1S/C30H36BrN3O4/c1-36-24-5-3-22(4-6-24)28-9-7-26(38-28)19-30(35)33-23-12-16-34(17-13-23)20-21-2-8-29(27(31)18-21)37-25-10-14-32-15-11-25/h2-9,18,23,25,32H,10-17,19-20H2,1H3,(H,33,35). The largest absolute Gasteiger partial charge is 0.497 e. The van der Waals surface area contributed by atoms with Gasteiger partial charge in [-0.3, -0.25) is 9.69 Å². The molecule has 2 aliphatic heterocycles. The third-order valence-corrected chi connectivity index (χ3v) is 7.93. The van der Waals surface area contributed by atoms with E-state index in [1.807, 2.05) is 36.4 Å². The maximum Gasteiger partial charge on any atom is 0.227 e. The number of methoxy groups -OCH3 is 1. The van der Waals surface area contributed by atoms with Crippen LogP contribution in [0.15, 0.2) is 63.5 Å². The number of nitrogens with zero attached hydrogens (tertiary/aromatic N) is 1. The molecule has 2 N–H and O–H groups in total. The van der Waals surface area contributed by atoms with Crippen molar-refractivity contribution in [1.29, 1.82) is 0 Å². The summed E-state index contributed by atoms with van der Waals surface area (Å²) in [6, 6.07) is 18.1. The number of furan rings is 1. The molecule has 38 heavy (non-hydrogen) atoms. The van der Waals surface area contributed by atoms with Gasteiger partial charge in [-0.2, -0.15) is 0 Å². The number of carbonyl (C=O) groups is 1. The number of halogens is 1. The molecule has 2 aliphatic rings. The fourth-order valence-electron chi connectivity index (χ4n) is 5.15. The summed E-state index contributed by atoms with van der Waals surface area (Å²) in [5, 5.41) is 6.58. The number of hydrogen-bond acceptors (Lipinski definition) is 6. The highest BCUT2D eigenvalue weighted by Gasteiger charge is 2.22. The molecule has 7 nitrogen and oxygen atoms in total. The first kappa shape index (κ1) is 26.8. The molecule has 1 amide bonds. The number of piperidine rings is 2. The number of carbonyl (C=O) groups excluding carboxylic acids is 1. The van der Waals surface area contributed by atoms with Gasteiger partial charge in [0, 0.05) is 31.2 Å². The Bertz CT molecular complexity index is 1200. The molecule has 2 aromatic carbocycles. The first-order valence-electron chi connectivity index (χ1n) is 13.5. The van der Waals surface area contributed by atoms with E-state index in [1.165, 1.54) is 5.56 Å². The smallest absolute Gasteiger partial charge is 0.227 e. The molecule has 0 bridgehead atoms. The van der Waals surface area contributed by atoms with Crippen molar-refractivity contribution in [3.05, 3.63) is 70.4 Å². The SMILES string of the molecule is COc1ccc(-c2ccc(CC(=O)NC3CCN(Cc4ccc(OC5CCNCC5)c(Br)c4)CC3)o2)cc1. The van der Waals surface area contributed by atoms with Gasteiger partial charge in [0.2, 0.25) is 5.91 Å². The van der Waals surface area contributed by atoms with Gasteiger partial charge in [-0.1, -0.05) is 6.07 Å². The van der Waals surface area contributed by atoms with Crippen LogP contribution in [0.25, 0.3) is 11.3 Å². The molecule has 0 spiro atoms. The zero-order valence-corrected chi connectivity index (χ0v) is 23.5. The van der Waals surface area contributed by atoms with E-state index in [0.29, 0.717) is 5.76 Å². The molecule has 3 heterocycles. The summed E-state index contributed by atoms with van der Waals surface area (Å²) in [5.74, 6) is 3.15. The minimum atomic E-state index is 0.00680. The zero-order valence-electron chi connectivity index (χ0n) is 21.9. The number of amides is 1. The van der Waals surface area contributed by atoms with Gasteiger partial charge in [-0.15, -0.1) is 0 Å². The molecule has 0 radical (unpaired) electrons. The van der Waals surface area contributed by atoms with Crippen LogP contribution >= 0.6 is 15.9 Å². The second kappa shape index (κ2) is 12.8. The van der Waals surface area contributed by atoms with E-state index in [9.17, 15) is 4.79 Å². The molecule has 3 aromatic rings. The van der Waals surface area contributed by atoms with Crippen molar-refractivity contribution in [1.82, 2.24) is 15.5 Å². The van der Waals surface area contributed by atoms with E-state index in [2.05, 4.69) is 49.7 Å². The number of benzene rings is 2. The summed E-state index contributed by atoms with van der Waals surface area (Å²) in [6.45, 7) is 4.85. The highest BCUT2D eigenvalue weighted by molar-refractivity contribution is 9.10. The molecular weight excluding hydrogens is 546 g/mol. The number of hydrogen-bond donors (Lipinski definition) is 2. The highest BCUT2D eigenvalue weighted by atomic mass is 79.9. The third-order valence-electron chi connectivity index (χ3n) is 7.31. The van der Waals surface area contributed by atoms with Crippen LogP contribution in [0.2, 0.25) is 0 Å². The molecular formula is C30H36BrN3O4. The van der Waals surface area contributed by atoms with Crippen molar-refractivity contribution in [2.45, 2.75) is 50.8 Å². The Morgan fingerprint density at radius 2 is 1.82 bits per heavy atom. The second-order valence-corrected chi connectivity index (χ2v) is 11.0. The molecule has 0 saturated carbocycles. The fourth-order valence-corrected chi connectivity index (χ4v) is 5.66. The quantitative estimate of drug-likeness (QED) is 0.363. The predicted octanol–water partition coefficient (Wildman–Crippen LogP) is 5.17. The van der Waals surface area contributed by atoms with Crippen molar-refractivity contribution >= 4 is 21.8 Å². The van der Waals surface area contributed by atoms with E-state index in [4.69, 9.17) is 13.9 Å². The topological polar surface area (TPSA) is 76.0 Å². The van der Waals surface area contributed by atoms with Gasteiger partial charge >= 0.3 is 0 Å². The van der Waals surface area contributed by atoms with Crippen LogP contribution < -0.4 is 20.1 Å². The molecule has 2 fully saturated rings. The Kier molecular flexibility index (Phi) is 9.04. The number of rotatable bonds is 9. The van der Waals surface area contributed by atoms with Crippen LogP contribution in [-0.2, 0) is 17.8 Å². The Labute approximate surface area is 233 Å². The second-order valence-electron chi connectivity index (χ2n) is 10.1.